The van der Waals surface area contributed by atoms with Gasteiger partial charge < -0.3 is 20.3 Å². The maximum Gasteiger partial charge on any atom is 0.240 e. The van der Waals surface area contributed by atoms with Crippen LogP contribution >= 0.6 is 0 Å². The van der Waals surface area contributed by atoms with Crippen LogP contribution in [0, 0.1) is 0 Å². The van der Waals surface area contributed by atoms with E-state index >= 15 is 0 Å². The molecule has 0 aliphatic rings. The Morgan fingerprint density at radius 2 is 1.85 bits per heavy atom. The molecule has 2 aromatic carbocycles. The lowest BCUT2D eigenvalue weighted by Crippen LogP contribution is -2.27. The molecule has 1 amide bonds. The van der Waals surface area contributed by atoms with Crippen molar-refractivity contribution in [1.82, 2.24) is 14.7 Å². The number of carbonyl (C=O) groups excluding carboxylic acids is 1. The highest BCUT2D eigenvalue weighted by Gasteiger charge is 2.14. The summed E-state index contributed by atoms with van der Waals surface area (Å²) in [7, 11) is -0.297. The summed E-state index contributed by atoms with van der Waals surface area (Å²) in [5.41, 5.74) is 2.10. The van der Waals surface area contributed by atoms with Crippen molar-refractivity contribution in [3.63, 3.8) is 0 Å². The van der Waals surface area contributed by atoms with Gasteiger partial charge in [-0.25, -0.2) is 18.1 Å². The minimum Gasteiger partial charge on any atom is -0.383 e. The number of benzene rings is 2. The van der Waals surface area contributed by atoms with E-state index in [4.69, 9.17) is 4.74 Å². The molecule has 0 bridgehead atoms. The molecule has 0 unspecified atom stereocenters. The van der Waals surface area contributed by atoms with E-state index in [1.54, 1.807) is 36.5 Å². The van der Waals surface area contributed by atoms with Crippen molar-refractivity contribution < 1.29 is 17.9 Å². The average Bonchev–Trinajstić information content (AvgIpc) is 2.79. The topological polar surface area (TPSA) is 126 Å². The quantitative estimate of drug-likeness (QED) is 0.386. The molecule has 11 heteroatoms. The second-order valence-corrected chi connectivity index (χ2v) is 8.84. The molecule has 33 heavy (non-hydrogen) atoms. The summed E-state index contributed by atoms with van der Waals surface area (Å²) >= 11 is 0. The molecule has 0 spiro atoms. The molecule has 10 nitrogen and oxygen atoms in total. The molecular weight excluding hydrogens is 444 g/mol. The van der Waals surface area contributed by atoms with Gasteiger partial charge in [0.15, 0.2) is 0 Å². The van der Waals surface area contributed by atoms with Crippen LogP contribution in [0.1, 0.15) is 6.92 Å². The Bertz CT molecular complexity index is 1200. The Morgan fingerprint density at radius 3 is 2.55 bits per heavy atom. The van der Waals surface area contributed by atoms with Crippen LogP contribution in [0.4, 0.5) is 28.8 Å². The van der Waals surface area contributed by atoms with Crippen LogP contribution in [-0.4, -0.2) is 51.6 Å². The number of hydrogen-bond acceptors (Lipinski definition) is 8. The first kappa shape index (κ1) is 24.1. The number of aromatic nitrogens is 2. The fourth-order valence-corrected chi connectivity index (χ4v) is 3.99. The van der Waals surface area contributed by atoms with Crippen molar-refractivity contribution in [2.24, 2.45) is 0 Å². The van der Waals surface area contributed by atoms with E-state index in [1.165, 1.54) is 26.2 Å². The van der Waals surface area contributed by atoms with Crippen LogP contribution in [-0.2, 0) is 19.6 Å². The molecule has 3 aromatic rings. The van der Waals surface area contributed by atoms with Gasteiger partial charge in [0.1, 0.15) is 5.82 Å². The third kappa shape index (κ3) is 6.72. The molecule has 0 saturated carbocycles. The third-order valence-corrected chi connectivity index (χ3v) is 6.02. The second-order valence-electron chi connectivity index (χ2n) is 7.07. The number of methoxy groups -OCH3 is 1. The molecule has 1 heterocycles. The number of nitrogens with one attached hydrogen (secondary N) is 3. The lowest BCUT2D eigenvalue weighted by Gasteiger charge is -2.19. The van der Waals surface area contributed by atoms with Gasteiger partial charge in [-0.05, 0) is 48.5 Å². The highest BCUT2D eigenvalue weighted by Crippen LogP contribution is 2.25. The first-order chi connectivity index (χ1) is 15.8. The SMILES string of the molecule is COCCNS(=O)(=O)c1cccc(Nc2nccc(N(C)c3ccc(NC(C)=O)cc3)n2)c1. The minimum absolute atomic E-state index is 0.121. The summed E-state index contributed by atoms with van der Waals surface area (Å²) in [6.07, 6.45) is 1.61. The van der Waals surface area contributed by atoms with Gasteiger partial charge in [-0.2, -0.15) is 4.98 Å². The molecule has 0 radical (unpaired) electrons. The van der Waals surface area contributed by atoms with E-state index in [0.717, 1.165) is 5.69 Å². The molecule has 1 aromatic heterocycles. The highest BCUT2D eigenvalue weighted by molar-refractivity contribution is 7.89. The van der Waals surface area contributed by atoms with E-state index in [2.05, 4.69) is 25.3 Å². The number of carbonyl (C=O) groups is 1. The largest absolute Gasteiger partial charge is 0.383 e. The van der Waals surface area contributed by atoms with E-state index in [1.807, 2.05) is 24.1 Å². The van der Waals surface area contributed by atoms with Crippen LogP contribution in [0.15, 0.2) is 65.7 Å². The molecule has 0 aliphatic carbocycles. The number of rotatable bonds is 10. The van der Waals surface area contributed by atoms with Crippen molar-refractivity contribution in [3.05, 3.63) is 60.8 Å². The Labute approximate surface area is 193 Å². The van der Waals surface area contributed by atoms with Gasteiger partial charge >= 0.3 is 0 Å². The van der Waals surface area contributed by atoms with Gasteiger partial charge in [-0.1, -0.05) is 6.07 Å². The van der Waals surface area contributed by atoms with Gasteiger partial charge in [0.2, 0.25) is 21.9 Å². The summed E-state index contributed by atoms with van der Waals surface area (Å²) in [4.78, 5) is 21.9. The lowest BCUT2D eigenvalue weighted by molar-refractivity contribution is -0.114. The first-order valence-corrected chi connectivity index (χ1v) is 11.6. The molecule has 0 saturated heterocycles. The van der Waals surface area contributed by atoms with E-state index in [-0.39, 0.29) is 24.0 Å². The van der Waals surface area contributed by atoms with Crippen LogP contribution in [0.25, 0.3) is 0 Å². The van der Waals surface area contributed by atoms with Crippen LogP contribution in [0.5, 0.6) is 0 Å². The second kappa shape index (κ2) is 10.9. The van der Waals surface area contributed by atoms with Crippen molar-refractivity contribution in [2.45, 2.75) is 11.8 Å². The minimum atomic E-state index is -3.66. The highest BCUT2D eigenvalue weighted by atomic mass is 32.2. The fraction of sp³-hybridized carbons (Fsp3) is 0.227. The summed E-state index contributed by atoms with van der Waals surface area (Å²) in [6, 6.07) is 15.5. The number of ether oxygens (including phenoxy) is 1. The number of anilines is 5. The van der Waals surface area contributed by atoms with Crippen LogP contribution < -0.4 is 20.3 Å². The van der Waals surface area contributed by atoms with Gasteiger partial charge in [0.25, 0.3) is 0 Å². The first-order valence-electron chi connectivity index (χ1n) is 10.1. The van der Waals surface area contributed by atoms with Crippen molar-refractivity contribution in [1.29, 1.82) is 0 Å². The number of amides is 1. The molecule has 174 valence electrons. The molecule has 0 atom stereocenters. The van der Waals surface area contributed by atoms with Crippen molar-refractivity contribution >= 4 is 44.8 Å². The number of hydrogen-bond donors (Lipinski definition) is 3. The Kier molecular flexibility index (Phi) is 7.93. The van der Waals surface area contributed by atoms with Gasteiger partial charge in [0.05, 0.1) is 11.5 Å². The zero-order valence-corrected chi connectivity index (χ0v) is 19.4. The summed E-state index contributed by atoms with van der Waals surface area (Å²) < 4.78 is 32.2. The summed E-state index contributed by atoms with van der Waals surface area (Å²) in [6.45, 7) is 1.92. The van der Waals surface area contributed by atoms with E-state index in [9.17, 15) is 13.2 Å². The maximum atomic E-state index is 12.4. The molecule has 3 N–H and O–H groups in total. The van der Waals surface area contributed by atoms with Gasteiger partial charge in [-0.15, -0.1) is 0 Å². The molecule has 0 aliphatic heterocycles. The standard InChI is InChI=1S/C22H26N6O4S/c1-16(29)25-17-7-9-19(10-8-17)28(2)21-11-12-23-22(27-21)26-18-5-4-6-20(15-18)33(30,31)24-13-14-32-3/h4-12,15,24H,13-14H2,1-3H3,(H,25,29)(H,23,26,27). The number of nitrogens with zero attached hydrogens (tertiary/aromatic N) is 3. The number of sulfonamides is 1. The Hall–Kier alpha value is -3.54. The van der Waals surface area contributed by atoms with E-state index in [0.29, 0.717) is 23.1 Å². The van der Waals surface area contributed by atoms with Crippen LogP contribution in [0.2, 0.25) is 0 Å². The smallest absolute Gasteiger partial charge is 0.240 e. The Morgan fingerprint density at radius 1 is 1.09 bits per heavy atom. The lowest BCUT2D eigenvalue weighted by atomic mass is 10.2. The predicted octanol–water partition coefficient (Wildman–Crippen LogP) is 2.87. The zero-order chi connectivity index (χ0) is 23.8. The van der Waals surface area contributed by atoms with Gasteiger partial charge in [-0.3, -0.25) is 4.79 Å². The summed E-state index contributed by atoms with van der Waals surface area (Å²) in [5, 5.41) is 5.78. The van der Waals surface area contributed by atoms with Gasteiger partial charge in [0, 0.05) is 50.9 Å². The molecule has 0 fully saturated rings. The maximum absolute atomic E-state index is 12.4. The normalized spacial score (nSPS) is 11.1. The third-order valence-electron chi connectivity index (χ3n) is 4.56. The molecular formula is C22H26N6O4S. The average molecular weight is 471 g/mol. The van der Waals surface area contributed by atoms with Crippen LogP contribution in [0.3, 0.4) is 0 Å². The fourth-order valence-electron chi connectivity index (χ4n) is 2.93. The zero-order valence-electron chi connectivity index (χ0n) is 18.6. The monoisotopic (exact) mass is 470 g/mol. The molecule has 3 rings (SSSR count). The van der Waals surface area contributed by atoms with Crippen molar-refractivity contribution in [3.8, 4) is 0 Å². The summed E-state index contributed by atoms with van der Waals surface area (Å²) in [5.74, 6) is 0.811. The van der Waals surface area contributed by atoms with Crippen molar-refractivity contribution in [2.75, 3.05) is 42.8 Å². The Balaban J connectivity index is 1.74. The predicted molar refractivity (Wildman–Crippen MR) is 128 cm³/mol. The van der Waals surface area contributed by atoms with E-state index < -0.39 is 10.0 Å².